The van der Waals surface area contributed by atoms with Crippen LogP contribution in [-0.4, -0.2) is 69.6 Å². The number of rotatable bonds is 7. The summed E-state index contributed by atoms with van der Waals surface area (Å²) in [5, 5.41) is 6.35. The highest BCUT2D eigenvalue weighted by atomic mass is 32.2. The van der Waals surface area contributed by atoms with E-state index in [2.05, 4.69) is 25.6 Å². The van der Waals surface area contributed by atoms with Crippen LogP contribution in [0.4, 0.5) is 20.8 Å². The Balaban J connectivity index is 1.15. The molecule has 1 atom stereocenters. The highest BCUT2D eigenvalue weighted by Crippen LogP contribution is 2.30. The molecule has 5 rings (SSSR count). The lowest BCUT2D eigenvalue weighted by molar-refractivity contribution is -0.113. The van der Waals surface area contributed by atoms with Crippen LogP contribution < -0.4 is 25.8 Å². The SMILES string of the molecule is Cn1c(=O)cnc2ccc(F)c(OCCNC[C@H]3CN(c4cnc5c(n4)NC(=O)CS5)C(=O)O3)c21. The quantitative estimate of drug-likeness (QED) is 0.449. The van der Waals surface area contributed by atoms with Gasteiger partial charge in [0.05, 0.1) is 30.2 Å². The number of aryl methyl sites for hydroxylation is 1. The summed E-state index contributed by atoms with van der Waals surface area (Å²) in [6.45, 7) is 1.01. The summed E-state index contributed by atoms with van der Waals surface area (Å²) < 4.78 is 26.7. The van der Waals surface area contributed by atoms with E-state index in [1.54, 1.807) is 0 Å². The number of cyclic esters (lactones) is 1. The molecule has 12 nitrogen and oxygen atoms in total. The van der Waals surface area contributed by atoms with Crippen molar-refractivity contribution < 1.29 is 23.5 Å². The standard InChI is InChI=1S/C21H20FN7O5S/c1-28-16(31)8-24-13-3-2-12(22)18(17(13)28)33-5-4-23-6-11-9-29(21(32)34-11)14-7-25-20-19(26-14)27-15(30)10-35-20/h2-3,7-8,11,23H,4-6,9-10H2,1H3,(H,26,27,30)/t11-/m0/s1. The van der Waals surface area contributed by atoms with Crippen molar-refractivity contribution >= 4 is 46.4 Å². The molecule has 3 aromatic rings. The van der Waals surface area contributed by atoms with Gasteiger partial charge in [0.15, 0.2) is 23.2 Å². The first-order chi connectivity index (χ1) is 16.9. The molecule has 0 spiro atoms. The van der Waals surface area contributed by atoms with Gasteiger partial charge in [0.2, 0.25) is 5.91 Å². The van der Waals surface area contributed by atoms with Crippen LogP contribution in [0.15, 0.2) is 34.3 Å². The Morgan fingerprint density at radius 1 is 1.29 bits per heavy atom. The first kappa shape index (κ1) is 23.0. The molecule has 14 heteroatoms. The fraction of sp³-hybridized carbons (Fsp3) is 0.333. The molecule has 35 heavy (non-hydrogen) atoms. The lowest BCUT2D eigenvalue weighted by Gasteiger charge is -2.17. The van der Waals surface area contributed by atoms with Crippen molar-refractivity contribution in [3.8, 4) is 5.75 Å². The summed E-state index contributed by atoms with van der Waals surface area (Å²) in [7, 11) is 1.52. The topological polar surface area (TPSA) is 141 Å². The lowest BCUT2D eigenvalue weighted by atomic mass is 10.2. The zero-order valence-corrected chi connectivity index (χ0v) is 19.3. The van der Waals surface area contributed by atoms with E-state index in [0.29, 0.717) is 29.5 Å². The second-order valence-corrected chi connectivity index (χ2v) is 8.75. The minimum atomic E-state index is -0.596. The third kappa shape index (κ3) is 4.61. The Hall–Kier alpha value is -3.78. The molecule has 2 aliphatic rings. The first-order valence-electron chi connectivity index (χ1n) is 10.7. The van der Waals surface area contributed by atoms with Gasteiger partial charge in [0.1, 0.15) is 23.3 Å². The molecule has 0 saturated carbocycles. The molecule has 0 bridgehead atoms. The van der Waals surface area contributed by atoms with Crippen molar-refractivity contribution in [2.75, 3.05) is 42.2 Å². The number of fused-ring (bicyclic) bond motifs is 2. The number of ether oxygens (including phenoxy) is 2. The summed E-state index contributed by atoms with van der Waals surface area (Å²) in [5.41, 5.74) is 0.347. The second-order valence-electron chi connectivity index (χ2n) is 7.79. The first-order valence-corrected chi connectivity index (χ1v) is 11.6. The van der Waals surface area contributed by atoms with Crippen LogP contribution >= 0.6 is 11.8 Å². The number of amides is 2. The third-order valence-electron chi connectivity index (χ3n) is 5.41. The maximum Gasteiger partial charge on any atom is 0.416 e. The number of hydrogen-bond acceptors (Lipinski definition) is 10. The van der Waals surface area contributed by atoms with E-state index >= 15 is 0 Å². The van der Waals surface area contributed by atoms with Gasteiger partial charge in [-0.25, -0.2) is 24.1 Å². The van der Waals surface area contributed by atoms with Crippen molar-refractivity contribution in [2.45, 2.75) is 11.1 Å². The molecule has 1 aromatic carbocycles. The highest BCUT2D eigenvalue weighted by molar-refractivity contribution is 8.00. The van der Waals surface area contributed by atoms with Gasteiger partial charge in [-0.3, -0.25) is 14.5 Å². The monoisotopic (exact) mass is 501 g/mol. The number of nitrogens with zero attached hydrogens (tertiary/aromatic N) is 5. The minimum absolute atomic E-state index is 0.0493. The summed E-state index contributed by atoms with van der Waals surface area (Å²) in [5.74, 6) is 0.0564. The maximum atomic E-state index is 14.4. The number of halogens is 1. The van der Waals surface area contributed by atoms with E-state index in [4.69, 9.17) is 9.47 Å². The summed E-state index contributed by atoms with van der Waals surface area (Å²) in [6.07, 6.45) is 1.62. The van der Waals surface area contributed by atoms with Gasteiger partial charge < -0.3 is 24.7 Å². The fourth-order valence-electron chi connectivity index (χ4n) is 3.71. The number of thioether (sulfide) groups is 1. The van der Waals surface area contributed by atoms with Crippen LogP contribution in [0.5, 0.6) is 5.75 Å². The van der Waals surface area contributed by atoms with Crippen molar-refractivity contribution in [1.29, 1.82) is 0 Å². The van der Waals surface area contributed by atoms with Crippen LogP contribution in [0, 0.1) is 5.82 Å². The van der Waals surface area contributed by atoms with Crippen molar-refractivity contribution in [3.05, 3.63) is 40.7 Å². The average Bonchev–Trinajstić information content (AvgIpc) is 3.22. The van der Waals surface area contributed by atoms with Gasteiger partial charge in [-0.1, -0.05) is 11.8 Å². The number of nitrogens with one attached hydrogen (secondary N) is 2. The van der Waals surface area contributed by atoms with E-state index in [1.807, 2.05) is 0 Å². The van der Waals surface area contributed by atoms with E-state index in [1.165, 1.54) is 52.8 Å². The van der Waals surface area contributed by atoms with Crippen molar-refractivity contribution in [3.63, 3.8) is 0 Å². The zero-order valence-electron chi connectivity index (χ0n) is 18.5. The highest BCUT2D eigenvalue weighted by Gasteiger charge is 2.34. The van der Waals surface area contributed by atoms with Gasteiger partial charge >= 0.3 is 6.09 Å². The van der Waals surface area contributed by atoms with E-state index in [-0.39, 0.29) is 47.5 Å². The second kappa shape index (κ2) is 9.46. The molecule has 0 unspecified atom stereocenters. The summed E-state index contributed by atoms with van der Waals surface area (Å²) in [4.78, 5) is 49.8. The van der Waals surface area contributed by atoms with Crippen molar-refractivity contribution in [1.82, 2.24) is 24.8 Å². The Labute approximate surface area is 201 Å². The van der Waals surface area contributed by atoms with Crippen LogP contribution in [0.25, 0.3) is 11.0 Å². The molecular weight excluding hydrogens is 481 g/mol. The lowest BCUT2D eigenvalue weighted by Crippen LogP contribution is -2.33. The predicted molar refractivity (Wildman–Crippen MR) is 124 cm³/mol. The molecular formula is C21H20FN7O5S. The number of aromatic nitrogens is 4. The molecule has 0 aliphatic carbocycles. The zero-order chi connectivity index (χ0) is 24.5. The van der Waals surface area contributed by atoms with Crippen LogP contribution in [-0.2, 0) is 16.6 Å². The Morgan fingerprint density at radius 2 is 2.14 bits per heavy atom. The predicted octanol–water partition coefficient (Wildman–Crippen LogP) is 0.901. The molecule has 182 valence electrons. The number of carbonyl (C=O) groups is 2. The molecule has 2 amide bonds. The van der Waals surface area contributed by atoms with Gasteiger partial charge in [-0.05, 0) is 12.1 Å². The van der Waals surface area contributed by atoms with Crippen LogP contribution in [0.1, 0.15) is 0 Å². The smallest absolute Gasteiger partial charge is 0.416 e. The summed E-state index contributed by atoms with van der Waals surface area (Å²) in [6, 6.07) is 2.72. The van der Waals surface area contributed by atoms with Crippen LogP contribution in [0.2, 0.25) is 0 Å². The summed E-state index contributed by atoms with van der Waals surface area (Å²) >= 11 is 1.28. The molecule has 1 fully saturated rings. The minimum Gasteiger partial charge on any atom is -0.487 e. The van der Waals surface area contributed by atoms with Crippen LogP contribution in [0.3, 0.4) is 0 Å². The maximum absolute atomic E-state index is 14.4. The molecule has 2 aromatic heterocycles. The van der Waals surface area contributed by atoms with Gasteiger partial charge in [0, 0.05) is 20.1 Å². The van der Waals surface area contributed by atoms with Gasteiger partial charge in [-0.2, -0.15) is 0 Å². The number of anilines is 2. The number of benzene rings is 1. The number of hydrogen-bond donors (Lipinski definition) is 2. The molecule has 4 heterocycles. The van der Waals surface area contributed by atoms with E-state index < -0.39 is 18.0 Å². The molecule has 2 aliphatic heterocycles. The largest absolute Gasteiger partial charge is 0.487 e. The molecule has 2 N–H and O–H groups in total. The average molecular weight is 502 g/mol. The van der Waals surface area contributed by atoms with E-state index in [9.17, 15) is 18.8 Å². The Bertz CT molecular complexity index is 1380. The third-order valence-corrected chi connectivity index (χ3v) is 6.39. The molecule has 1 saturated heterocycles. The Kier molecular flexibility index (Phi) is 6.21. The fourth-order valence-corrected chi connectivity index (χ4v) is 4.42. The van der Waals surface area contributed by atoms with E-state index in [0.717, 1.165) is 0 Å². The van der Waals surface area contributed by atoms with Crippen molar-refractivity contribution in [2.24, 2.45) is 7.05 Å². The normalized spacial score (nSPS) is 17.3. The molecule has 0 radical (unpaired) electrons. The van der Waals surface area contributed by atoms with Gasteiger partial charge in [-0.15, -0.1) is 0 Å². The van der Waals surface area contributed by atoms with Gasteiger partial charge in [0.25, 0.3) is 5.56 Å². The Morgan fingerprint density at radius 3 is 3.00 bits per heavy atom. The number of carbonyl (C=O) groups excluding carboxylic acids is 2.